The first kappa shape index (κ1) is 8.31. The van der Waals surface area contributed by atoms with Gasteiger partial charge in [0.15, 0.2) is 6.29 Å². The number of ether oxygens (including phenoxy) is 2. The van der Waals surface area contributed by atoms with Crippen LogP contribution in [0.25, 0.3) is 0 Å². The average molecular weight is 165 g/mol. The molecule has 0 bridgehead atoms. The Kier molecular flexibility index (Phi) is 3.46. The highest BCUT2D eigenvalue weighted by atomic mass is 35.5. The van der Waals surface area contributed by atoms with Crippen molar-refractivity contribution in [1.82, 2.24) is 0 Å². The van der Waals surface area contributed by atoms with E-state index in [2.05, 4.69) is 6.92 Å². The summed E-state index contributed by atoms with van der Waals surface area (Å²) < 4.78 is 10.6. The molecule has 1 heterocycles. The predicted octanol–water partition coefficient (Wildman–Crippen LogP) is 1.62. The third-order valence-electron chi connectivity index (χ3n) is 1.61. The average Bonchev–Trinajstić information content (AvgIpc) is 2.14. The van der Waals surface area contributed by atoms with Gasteiger partial charge in [-0.1, -0.05) is 6.92 Å². The van der Waals surface area contributed by atoms with Crippen LogP contribution >= 0.6 is 11.6 Å². The van der Waals surface area contributed by atoms with Gasteiger partial charge in [-0.25, -0.2) is 0 Å². The maximum Gasteiger partial charge on any atom is 0.170 e. The molecule has 0 aliphatic carbocycles. The lowest BCUT2D eigenvalue weighted by molar-refractivity contribution is -0.112. The molecule has 1 aliphatic heterocycles. The maximum absolute atomic E-state index is 5.55. The molecule has 0 aromatic heterocycles. The first-order chi connectivity index (χ1) is 4.83. The summed E-state index contributed by atoms with van der Waals surface area (Å²) in [6.07, 6.45) is 0.902. The number of halogens is 1. The molecule has 0 spiro atoms. The molecule has 0 N–H and O–H groups in total. The van der Waals surface area contributed by atoms with Crippen molar-refractivity contribution in [3.05, 3.63) is 0 Å². The molecule has 10 heavy (non-hydrogen) atoms. The van der Waals surface area contributed by atoms with Gasteiger partial charge in [-0.05, 0) is 12.3 Å². The largest absolute Gasteiger partial charge is 0.351 e. The van der Waals surface area contributed by atoms with Crippen molar-refractivity contribution in [2.45, 2.75) is 19.6 Å². The summed E-state index contributed by atoms with van der Waals surface area (Å²) in [5.74, 6) is 1.04. The number of alkyl halides is 1. The minimum atomic E-state index is -0.174. The molecule has 1 aliphatic rings. The topological polar surface area (TPSA) is 18.5 Å². The zero-order valence-corrected chi connectivity index (χ0v) is 6.93. The molecular weight excluding hydrogens is 152 g/mol. The van der Waals surface area contributed by atoms with Crippen LogP contribution in [0.4, 0.5) is 0 Å². The van der Waals surface area contributed by atoms with Crippen LogP contribution in [0.2, 0.25) is 0 Å². The number of rotatable bonds is 1. The Morgan fingerprint density at radius 1 is 1.50 bits per heavy atom. The van der Waals surface area contributed by atoms with Gasteiger partial charge in [0.05, 0.1) is 19.1 Å². The van der Waals surface area contributed by atoms with E-state index in [0.717, 1.165) is 19.6 Å². The zero-order chi connectivity index (χ0) is 7.40. The summed E-state index contributed by atoms with van der Waals surface area (Å²) in [4.78, 5) is 0. The molecule has 0 aromatic rings. The Morgan fingerprint density at radius 2 is 2.30 bits per heavy atom. The fourth-order valence-electron chi connectivity index (χ4n) is 0.893. The van der Waals surface area contributed by atoms with Gasteiger partial charge >= 0.3 is 0 Å². The lowest BCUT2D eigenvalue weighted by atomic mass is 10.1. The molecular formula is C7H13ClO2. The van der Waals surface area contributed by atoms with Crippen LogP contribution in [-0.4, -0.2) is 25.4 Å². The molecule has 0 aromatic carbocycles. The number of hydrogen-bond donors (Lipinski definition) is 0. The van der Waals surface area contributed by atoms with Crippen LogP contribution in [0.15, 0.2) is 0 Å². The Bertz CT molecular complexity index is 97.6. The molecule has 1 saturated heterocycles. The fraction of sp³-hybridized carbons (Fsp3) is 1.00. The van der Waals surface area contributed by atoms with E-state index in [9.17, 15) is 0 Å². The lowest BCUT2D eigenvalue weighted by Gasteiger charge is -2.11. The summed E-state index contributed by atoms with van der Waals surface area (Å²) >= 11 is 5.55. The summed E-state index contributed by atoms with van der Waals surface area (Å²) in [6, 6.07) is 0. The highest BCUT2D eigenvalue weighted by Gasteiger charge is 2.14. The molecule has 2 unspecified atom stereocenters. The van der Waals surface area contributed by atoms with Gasteiger partial charge in [0, 0.05) is 0 Å². The smallest absolute Gasteiger partial charge is 0.170 e. The van der Waals surface area contributed by atoms with Gasteiger partial charge in [-0.3, -0.25) is 0 Å². The minimum absolute atomic E-state index is 0.174. The molecule has 1 rings (SSSR count). The second-order valence-electron chi connectivity index (χ2n) is 2.68. The summed E-state index contributed by atoms with van der Waals surface area (Å²) in [7, 11) is 0. The van der Waals surface area contributed by atoms with E-state index in [1.54, 1.807) is 0 Å². The summed E-state index contributed by atoms with van der Waals surface area (Å²) in [6.45, 7) is 3.70. The van der Waals surface area contributed by atoms with Gasteiger partial charge in [0.25, 0.3) is 0 Å². The van der Waals surface area contributed by atoms with Crippen molar-refractivity contribution in [3.8, 4) is 0 Å². The van der Waals surface area contributed by atoms with Crippen molar-refractivity contribution >= 4 is 11.6 Å². The quantitative estimate of drug-likeness (QED) is 0.549. The first-order valence-electron chi connectivity index (χ1n) is 3.62. The Labute approximate surface area is 66.5 Å². The molecule has 3 heteroatoms. The van der Waals surface area contributed by atoms with Gasteiger partial charge in [-0.2, -0.15) is 0 Å². The van der Waals surface area contributed by atoms with Gasteiger partial charge in [-0.15, -0.1) is 11.6 Å². The lowest BCUT2D eigenvalue weighted by Crippen LogP contribution is -2.17. The van der Waals surface area contributed by atoms with Crippen molar-refractivity contribution < 1.29 is 9.47 Å². The second kappa shape index (κ2) is 4.16. The van der Waals surface area contributed by atoms with E-state index in [1.165, 1.54) is 0 Å². The molecule has 0 saturated carbocycles. The van der Waals surface area contributed by atoms with Crippen molar-refractivity contribution in [3.63, 3.8) is 0 Å². The monoisotopic (exact) mass is 164 g/mol. The van der Waals surface area contributed by atoms with Crippen LogP contribution in [-0.2, 0) is 9.47 Å². The third-order valence-corrected chi connectivity index (χ3v) is 1.86. The molecule has 0 radical (unpaired) electrons. The molecule has 2 nitrogen and oxygen atoms in total. The van der Waals surface area contributed by atoms with Gasteiger partial charge < -0.3 is 9.47 Å². The maximum atomic E-state index is 5.55. The van der Waals surface area contributed by atoms with E-state index >= 15 is 0 Å². The van der Waals surface area contributed by atoms with Crippen LogP contribution in [0.5, 0.6) is 0 Å². The van der Waals surface area contributed by atoms with E-state index in [-0.39, 0.29) is 6.29 Å². The predicted molar refractivity (Wildman–Crippen MR) is 40.2 cm³/mol. The highest BCUT2D eigenvalue weighted by molar-refractivity contribution is 6.18. The van der Waals surface area contributed by atoms with Crippen molar-refractivity contribution in [1.29, 1.82) is 0 Å². The van der Waals surface area contributed by atoms with Gasteiger partial charge in [0.2, 0.25) is 0 Å². The third kappa shape index (κ3) is 2.45. The van der Waals surface area contributed by atoms with Crippen LogP contribution in [0.3, 0.4) is 0 Å². The normalized spacial score (nSPS) is 35.4. The highest BCUT2D eigenvalue weighted by Crippen LogP contribution is 2.11. The minimum Gasteiger partial charge on any atom is -0.351 e. The van der Waals surface area contributed by atoms with Crippen molar-refractivity contribution in [2.24, 2.45) is 5.92 Å². The molecule has 0 amide bonds. The van der Waals surface area contributed by atoms with E-state index in [0.29, 0.717) is 11.8 Å². The molecule has 60 valence electrons. The SMILES string of the molecule is CC1CCOC(CCl)OC1. The van der Waals surface area contributed by atoms with Crippen LogP contribution < -0.4 is 0 Å². The molecule has 2 atom stereocenters. The molecule has 1 fully saturated rings. The number of hydrogen-bond acceptors (Lipinski definition) is 2. The van der Waals surface area contributed by atoms with Crippen molar-refractivity contribution in [2.75, 3.05) is 19.1 Å². The van der Waals surface area contributed by atoms with Gasteiger partial charge in [0.1, 0.15) is 0 Å². The Hall–Kier alpha value is 0.210. The first-order valence-corrected chi connectivity index (χ1v) is 4.15. The van der Waals surface area contributed by atoms with Crippen LogP contribution in [0.1, 0.15) is 13.3 Å². The Balaban J connectivity index is 2.26. The van der Waals surface area contributed by atoms with E-state index < -0.39 is 0 Å². The van der Waals surface area contributed by atoms with Crippen LogP contribution in [0, 0.1) is 5.92 Å². The fourth-order valence-corrected chi connectivity index (χ4v) is 1.07. The van der Waals surface area contributed by atoms with E-state index in [1.807, 2.05) is 0 Å². The Morgan fingerprint density at radius 3 is 3.00 bits per heavy atom. The standard InChI is InChI=1S/C7H13ClO2/c1-6-2-3-9-7(4-8)10-5-6/h6-7H,2-5H2,1H3. The zero-order valence-electron chi connectivity index (χ0n) is 6.18. The van der Waals surface area contributed by atoms with E-state index in [4.69, 9.17) is 21.1 Å². The second-order valence-corrected chi connectivity index (χ2v) is 2.99. The summed E-state index contributed by atoms with van der Waals surface area (Å²) in [5.41, 5.74) is 0. The summed E-state index contributed by atoms with van der Waals surface area (Å²) in [5, 5.41) is 0.